The van der Waals surface area contributed by atoms with Gasteiger partial charge in [0.05, 0.1) is 11.7 Å². The van der Waals surface area contributed by atoms with Gasteiger partial charge in [0.25, 0.3) is 0 Å². The molecule has 4 nitrogen and oxygen atoms in total. The first-order valence-electron chi connectivity index (χ1n) is 2.65. The lowest BCUT2D eigenvalue weighted by Crippen LogP contribution is -2.27. The summed E-state index contributed by atoms with van der Waals surface area (Å²) in [7, 11) is 0. The van der Waals surface area contributed by atoms with Crippen molar-refractivity contribution in [1.29, 1.82) is 0 Å². The molecule has 0 aliphatic rings. The lowest BCUT2D eigenvalue weighted by atomic mass is 10.3. The smallest absolute Gasteiger partial charge is 0.335 e. The van der Waals surface area contributed by atoms with E-state index in [1.807, 2.05) is 0 Å². The summed E-state index contributed by atoms with van der Waals surface area (Å²) in [4.78, 5) is 10.1. The van der Waals surface area contributed by atoms with E-state index in [2.05, 4.69) is 6.58 Å². The van der Waals surface area contributed by atoms with Crippen molar-refractivity contribution < 1.29 is 9.90 Å². The Hall–Kier alpha value is -1.13. The SMILES string of the molecule is C=C(/C=C\C(N)N)C(=O)O. The lowest BCUT2D eigenvalue weighted by Gasteiger charge is -1.94. The molecule has 0 aliphatic heterocycles. The van der Waals surface area contributed by atoms with Gasteiger partial charge in [0.1, 0.15) is 0 Å². The van der Waals surface area contributed by atoms with Gasteiger partial charge < -0.3 is 16.6 Å². The summed E-state index contributed by atoms with van der Waals surface area (Å²) in [5.74, 6) is -1.07. The number of carboxylic acid groups (broad SMARTS) is 1. The second-order valence-corrected chi connectivity index (χ2v) is 1.77. The maximum atomic E-state index is 10.1. The minimum atomic E-state index is -1.07. The second-order valence-electron chi connectivity index (χ2n) is 1.77. The summed E-state index contributed by atoms with van der Waals surface area (Å²) < 4.78 is 0. The Morgan fingerprint density at radius 2 is 2.10 bits per heavy atom. The van der Waals surface area contributed by atoms with Gasteiger partial charge in [-0.15, -0.1) is 0 Å². The summed E-state index contributed by atoms with van der Waals surface area (Å²) >= 11 is 0. The van der Waals surface area contributed by atoms with E-state index in [1.54, 1.807) is 0 Å². The maximum absolute atomic E-state index is 10.1. The van der Waals surface area contributed by atoms with Crippen molar-refractivity contribution in [3.05, 3.63) is 24.3 Å². The molecule has 5 N–H and O–H groups in total. The Bertz CT molecular complexity index is 173. The van der Waals surface area contributed by atoms with Crippen molar-refractivity contribution in [2.75, 3.05) is 0 Å². The van der Waals surface area contributed by atoms with Gasteiger partial charge in [-0.25, -0.2) is 4.79 Å². The summed E-state index contributed by atoms with van der Waals surface area (Å²) in [6.07, 6.45) is 2.00. The molecule has 56 valence electrons. The van der Waals surface area contributed by atoms with Crippen LogP contribution in [0.4, 0.5) is 0 Å². The Kier molecular flexibility index (Phi) is 3.38. The van der Waals surface area contributed by atoms with Crippen LogP contribution in [0.15, 0.2) is 24.3 Å². The molecule has 0 radical (unpaired) electrons. The molecule has 10 heavy (non-hydrogen) atoms. The van der Waals surface area contributed by atoms with E-state index in [4.69, 9.17) is 16.6 Å². The van der Waals surface area contributed by atoms with Crippen LogP contribution >= 0.6 is 0 Å². The molecule has 0 aliphatic carbocycles. The molecule has 0 fully saturated rings. The molecule has 0 heterocycles. The van der Waals surface area contributed by atoms with Crippen molar-refractivity contribution in [1.82, 2.24) is 0 Å². The largest absolute Gasteiger partial charge is 0.478 e. The van der Waals surface area contributed by atoms with E-state index in [0.717, 1.165) is 0 Å². The average molecular weight is 142 g/mol. The molecule has 4 heteroatoms. The molecule has 0 rings (SSSR count). The van der Waals surface area contributed by atoms with Gasteiger partial charge in [0.2, 0.25) is 0 Å². The van der Waals surface area contributed by atoms with E-state index in [9.17, 15) is 4.79 Å². The number of carbonyl (C=O) groups is 1. The third kappa shape index (κ3) is 3.82. The number of nitrogens with two attached hydrogens (primary N) is 2. The van der Waals surface area contributed by atoms with Crippen LogP contribution in [0, 0.1) is 0 Å². The normalized spacial score (nSPS) is 10.7. The number of hydrogen-bond donors (Lipinski definition) is 3. The number of rotatable bonds is 3. The zero-order valence-electron chi connectivity index (χ0n) is 5.45. The van der Waals surface area contributed by atoms with Crippen LogP contribution in [0.1, 0.15) is 0 Å². The molecule has 0 aromatic heterocycles. The fourth-order valence-electron chi connectivity index (χ4n) is 0.299. The van der Waals surface area contributed by atoms with Gasteiger partial charge in [0, 0.05) is 0 Å². The number of carboxylic acids is 1. The highest BCUT2D eigenvalue weighted by Gasteiger charge is 1.97. The first-order chi connectivity index (χ1) is 4.54. The second kappa shape index (κ2) is 3.81. The predicted octanol–water partition coefficient (Wildman–Crippen LogP) is -0.573. The third-order valence-corrected chi connectivity index (χ3v) is 0.794. The van der Waals surface area contributed by atoms with E-state index < -0.39 is 12.1 Å². The number of aliphatic carboxylic acids is 1. The van der Waals surface area contributed by atoms with Crippen LogP contribution in [0.25, 0.3) is 0 Å². The van der Waals surface area contributed by atoms with E-state index in [1.165, 1.54) is 12.2 Å². The molecular weight excluding hydrogens is 132 g/mol. The fourth-order valence-corrected chi connectivity index (χ4v) is 0.299. The van der Waals surface area contributed by atoms with E-state index in [0.29, 0.717) is 0 Å². The molecule has 0 unspecified atom stereocenters. The van der Waals surface area contributed by atoms with Crippen LogP contribution in [0.5, 0.6) is 0 Å². The summed E-state index contributed by atoms with van der Waals surface area (Å²) in [5.41, 5.74) is 10.2. The van der Waals surface area contributed by atoms with E-state index >= 15 is 0 Å². The van der Waals surface area contributed by atoms with Crippen molar-refractivity contribution >= 4 is 5.97 Å². The molecular formula is C6H10N2O2. The van der Waals surface area contributed by atoms with Crippen molar-refractivity contribution in [2.24, 2.45) is 11.5 Å². The van der Waals surface area contributed by atoms with Crippen molar-refractivity contribution in [3.8, 4) is 0 Å². The van der Waals surface area contributed by atoms with Gasteiger partial charge in [-0.3, -0.25) is 0 Å². The molecule has 0 saturated carbocycles. The zero-order chi connectivity index (χ0) is 8.15. The first-order valence-corrected chi connectivity index (χ1v) is 2.65. The average Bonchev–Trinajstić information content (AvgIpc) is 1.82. The molecule has 0 spiro atoms. The van der Waals surface area contributed by atoms with Crippen molar-refractivity contribution in [2.45, 2.75) is 6.17 Å². The molecule has 0 bridgehead atoms. The van der Waals surface area contributed by atoms with Gasteiger partial charge in [-0.1, -0.05) is 12.7 Å². The molecule has 0 aromatic carbocycles. The van der Waals surface area contributed by atoms with Crippen LogP contribution < -0.4 is 11.5 Å². The first kappa shape index (κ1) is 8.87. The topological polar surface area (TPSA) is 89.3 Å². The van der Waals surface area contributed by atoms with Crippen LogP contribution in [-0.2, 0) is 4.79 Å². The fraction of sp³-hybridized carbons (Fsp3) is 0.167. The minimum absolute atomic E-state index is 0.0269. The highest BCUT2D eigenvalue weighted by Crippen LogP contribution is 1.91. The van der Waals surface area contributed by atoms with Crippen molar-refractivity contribution in [3.63, 3.8) is 0 Å². The van der Waals surface area contributed by atoms with Crippen LogP contribution in [0.2, 0.25) is 0 Å². The molecule has 0 amide bonds. The molecule has 0 saturated heterocycles. The van der Waals surface area contributed by atoms with Crippen LogP contribution in [0.3, 0.4) is 0 Å². The standard InChI is InChI=1S/C6H10N2O2/c1-4(6(9)10)2-3-5(7)8/h2-3,5H,1,7-8H2,(H,9,10)/b3-2-. The monoisotopic (exact) mass is 142 g/mol. The highest BCUT2D eigenvalue weighted by atomic mass is 16.4. The van der Waals surface area contributed by atoms with Crippen LogP contribution in [-0.4, -0.2) is 17.2 Å². The Labute approximate surface area is 58.8 Å². The Morgan fingerprint density at radius 1 is 1.60 bits per heavy atom. The highest BCUT2D eigenvalue weighted by molar-refractivity contribution is 5.88. The Balaban J connectivity index is 3.91. The quantitative estimate of drug-likeness (QED) is 0.279. The molecule has 0 aromatic rings. The van der Waals surface area contributed by atoms with Gasteiger partial charge >= 0.3 is 5.97 Å². The third-order valence-electron chi connectivity index (χ3n) is 0.794. The van der Waals surface area contributed by atoms with Gasteiger partial charge in [-0.2, -0.15) is 0 Å². The minimum Gasteiger partial charge on any atom is -0.478 e. The lowest BCUT2D eigenvalue weighted by molar-refractivity contribution is -0.132. The predicted molar refractivity (Wildman–Crippen MR) is 38.1 cm³/mol. The summed E-state index contributed by atoms with van der Waals surface area (Å²) in [6.45, 7) is 3.23. The number of hydrogen-bond acceptors (Lipinski definition) is 3. The summed E-state index contributed by atoms with van der Waals surface area (Å²) in [6, 6.07) is 0. The summed E-state index contributed by atoms with van der Waals surface area (Å²) in [5, 5.41) is 8.26. The molecule has 0 atom stereocenters. The van der Waals surface area contributed by atoms with Gasteiger partial charge in [-0.05, 0) is 6.08 Å². The van der Waals surface area contributed by atoms with Gasteiger partial charge in [0.15, 0.2) is 0 Å². The zero-order valence-corrected chi connectivity index (χ0v) is 5.45. The maximum Gasteiger partial charge on any atom is 0.335 e. The Morgan fingerprint density at radius 3 is 2.40 bits per heavy atom. The van der Waals surface area contributed by atoms with E-state index in [-0.39, 0.29) is 5.57 Å².